The molecule has 0 saturated carbocycles. The minimum atomic E-state index is -0.761. The lowest BCUT2D eigenvalue weighted by molar-refractivity contribution is -0.384. The Morgan fingerprint density at radius 1 is 1.25 bits per heavy atom. The van der Waals surface area contributed by atoms with Crippen molar-refractivity contribution in [3.8, 4) is 0 Å². The molecule has 9 nitrogen and oxygen atoms in total. The zero-order chi connectivity index (χ0) is 20.3. The molecule has 0 bridgehead atoms. The van der Waals surface area contributed by atoms with Crippen LogP contribution in [-0.4, -0.2) is 29.4 Å². The third-order valence-electron chi connectivity index (χ3n) is 3.93. The van der Waals surface area contributed by atoms with Crippen molar-refractivity contribution in [3.63, 3.8) is 0 Å². The molecule has 1 aliphatic rings. The second-order valence-corrected chi connectivity index (χ2v) is 6.22. The van der Waals surface area contributed by atoms with Gasteiger partial charge in [-0.3, -0.25) is 19.7 Å². The van der Waals surface area contributed by atoms with Crippen molar-refractivity contribution in [3.05, 3.63) is 68.7 Å². The molecule has 2 aromatic rings. The largest absolute Gasteiger partial charge is 0.455 e. The topological polar surface area (TPSA) is 125 Å². The molecule has 1 amide bonds. The maximum absolute atomic E-state index is 12.0. The highest BCUT2D eigenvalue weighted by atomic mass is 35.5. The fourth-order valence-electron chi connectivity index (χ4n) is 2.63. The molecular formula is C18H13ClN2O7. The van der Waals surface area contributed by atoms with Crippen molar-refractivity contribution >= 4 is 40.8 Å². The van der Waals surface area contributed by atoms with Crippen LogP contribution in [0.25, 0.3) is 0 Å². The average molecular weight is 405 g/mol. The number of amides is 1. The summed E-state index contributed by atoms with van der Waals surface area (Å²) in [7, 11) is 0. The molecule has 0 radical (unpaired) electrons. The third-order valence-corrected chi connectivity index (χ3v) is 4.24. The van der Waals surface area contributed by atoms with Gasteiger partial charge in [-0.05, 0) is 12.1 Å². The smallest absolute Gasteiger partial charge is 0.339 e. The van der Waals surface area contributed by atoms with Gasteiger partial charge in [0.05, 0.1) is 27.6 Å². The number of carbonyl (C=O) groups is 3. The molecule has 1 atom stereocenters. The van der Waals surface area contributed by atoms with Crippen molar-refractivity contribution in [2.75, 3.05) is 11.9 Å². The minimum Gasteiger partial charge on any atom is -0.455 e. The molecular weight excluding hydrogens is 392 g/mol. The van der Waals surface area contributed by atoms with E-state index in [1.807, 2.05) is 0 Å². The van der Waals surface area contributed by atoms with Crippen molar-refractivity contribution in [2.24, 2.45) is 0 Å². The molecule has 1 unspecified atom stereocenters. The van der Waals surface area contributed by atoms with Crippen molar-refractivity contribution in [1.82, 2.24) is 0 Å². The number of esters is 2. The van der Waals surface area contributed by atoms with Gasteiger partial charge in [0, 0.05) is 17.7 Å². The fraction of sp³-hybridized carbons (Fsp3) is 0.167. The van der Waals surface area contributed by atoms with Crippen LogP contribution in [0.2, 0.25) is 5.02 Å². The predicted molar refractivity (Wildman–Crippen MR) is 96.9 cm³/mol. The summed E-state index contributed by atoms with van der Waals surface area (Å²) >= 11 is 5.88. The van der Waals surface area contributed by atoms with E-state index in [0.29, 0.717) is 11.1 Å². The molecule has 0 aromatic heterocycles. The number of anilines is 1. The zero-order valence-electron chi connectivity index (χ0n) is 14.2. The Hall–Kier alpha value is -3.46. The number of ether oxygens (including phenoxy) is 2. The van der Waals surface area contributed by atoms with Gasteiger partial charge in [-0.2, -0.15) is 0 Å². The van der Waals surface area contributed by atoms with E-state index in [9.17, 15) is 24.5 Å². The van der Waals surface area contributed by atoms with Crippen LogP contribution in [0.15, 0.2) is 42.5 Å². The number of cyclic esters (lactones) is 1. The molecule has 0 fully saturated rings. The summed E-state index contributed by atoms with van der Waals surface area (Å²) in [6, 6.07) is 10.2. The molecule has 0 aliphatic carbocycles. The van der Waals surface area contributed by atoms with Gasteiger partial charge >= 0.3 is 11.9 Å². The Morgan fingerprint density at radius 3 is 2.71 bits per heavy atom. The quantitative estimate of drug-likeness (QED) is 0.445. The lowest BCUT2D eigenvalue weighted by atomic mass is 10.0. The Labute approximate surface area is 163 Å². The van der Waals surface area contributed by atoms with Gasteiger partial charge in [-0.25, -0.2) is 4.79 Å². The molecule has 0 spiro atoms. The summed E-state index contributed by atoms with van der Waals surface area (Å²) < 4.78 is 10.0. The number of hydrogen-bond donors (Lipinski definition) is 1. The summed E-state index contributed by atoms with van der Waals surface area (Å²) in [5.74, 6) is -1.91. The monoisotopic (exact) mass is 404 g/mol. The van der Waals surface area contributed by atoms with Crippen LogP contribution in [0, 0.1) is 10.1 Å². The average Bonchev–Trinajstić information content (AvgIpc) is 2.97. The molecule has 144 valence electrons. The van der Waals surface area contributed by atoms with E-state index in [1.165, 1.54) is 12.1 Å². The van der Waals surface area contributed by atoms with E-state index < -0.39 is 35.5 Å². The fourth-order valence-corrected chi connectivity index (χ4v) is 2.86. The molecule has 1 heterocycles. The molecule has 1 N–H and O–H groups in total. The van der Waals surface area contributed by atoms with Gasteiger partial charge in [-0.1, -0.05) is 29.8 Å². The van der Waals surface area contributed by atoms with E-state index in [-0.39, 0.29) is 22.8 Å². The van der Waals surface area contributed by atoms with Crippen LogP contribution in [0.5, 0.6) is 0 Å². The van der Waals surface area contributed by atoms with E-state index >= 15 is 0 Å². The number of hydrogen-bond acceptors (Lipinski definition) is 7. The highest BCUT2D eigenvalue weighted by Crippen LogP contribution is 2.33. The number of benzene rings is 2. The van der Waals surface area contributed by atoms with Crippen LogP contribution in [0.4, 0.5) is 11.4 Å². The van der Waals surface area contributed by atoms with Gasteiger partial charge in [0.25, 0.3) is 11.6 Å². The molecule has 2 aromatic carbocycles. The predicted octanol–water partition coefficient (Wildman–Crippen LogP) is 3.03. The number of non-ortho nitro benzene ring substituents is 1. The van der Waals surface area contributed by atoms with Crippen LogP contribution >= 0.6 is 11.6 Å². The van der Waals surface area contributed by atoms with Crippen molar-refractivity contribution in [1.29, 1.82) is 0 Å². The number of nitrogens with zero attached hydrogens (tertiary/aromatic N) is 1. The van der Waals surface area contributed by atoms with E-state index in [2.05, 4.69) is 5.32 Å². The van der Waals surface area contributed by atoms with Gasteiger partial charge < -0.3 is 14.8 Å². The summed E-state index contributed by atoms with van der Waals surface area (Å²) in [5.41, 5.74) is 0.908. The molecule has 1 aliphatic heterocycles. The second kappa shape index (κ2) is 8.05. The van der Waals surface area contributed by atoms with Crippen molar-refractivity contribution in [2.45, 2.75) is 12.5 Å². The third kappa shape index (κ3) is 4.26. The summed E-state index contributed by atoms with van der Waals surface area (Å²) in [4.78, 5) is 45.7. The van der Waals surface area contributed by atoms with Crippen LogP contribution in [-0.2, 0) is 19.1 Å². The van der Waals surface area contributed by atoms with Gasteiger partial charge in [0.1, 0.15) is 6.10 Å². The number of rotatable bonds is 6. The maximum Gasteiger partial charge on any atom is 0.339 e. The number of carbonyl (C=O) groups excluding carboxylic acids is 3. The van der Waals surface area contributed by atoms with Gasteiger partial charge in [-0.15, -0.1) is 0 Å². The Kier molecular flexibility index (Phi) is 5.55. The first kappa shape index (κ1) is 19.3. The number of halogens is 1. The first-order chi connectivity index (χ1) is 13.3. The zero-order valence-corrected chi connectivity index (χ0v) is 15.0. The molecule has 28 heavy (non-hydrogen) atoms. The number of nitrogens with one attached hydrogen (secondary N) is 1. The van der Waals surface area contributed by atoms with E-state index in [1.54, 1.807) is 24.3 Å². The van der Waals surface area contributed by atoms with Crippen LogP contribution in [0.3, 0.4) is 0 Å². The Bertz CT molecular complexity index is 976. The lowest BCUT2D eigenvalue weighted by Gasteiger charge is -2.11. The highest BCUT2D eigenvalue weighted by Gasteiger charge is 2.32. The van der Waals surface area contributed by atoms with Gasteiger partial charge in [0.2, 0.25) is 0 Å². The lowest BCUT2D eigenvalue weighted by Crippen LogP contribution is -2.22. The van der Waals surface area contributed by atoms with Crippen LogP contribution in [0.1, 0.15) is 28.4 Å². The Balaban J connectivity index is 1.52. The molecule has 3 rings (SSSR count). The normalized spacial score (nSPS) is 14.8. The SMILES string of the molecule is O=C(COC(=O)CC1OC(=O)c2ccccc21)Nc1ccc([N+](=O)[O-])cc1Cl. The summed E-state index contributed by atoms with van der Waals surface area (Å²) in [5, 5.41) is 13.0. The van der Waals surface area contributed by atoms with Crippen molar-refractivity contribution < 1.29 is 28.8 Å². The number of nitro benzene ring substituents is 1. The number of fused-ring (bicyclic) bond motifs is 1. The molecule has 10 heteroatoms. The second-order valence-electron chi connectivity index (χ2n) is 5.82. The van der Waals surface area contributed by atoms with E-state index in [0.717, 1.165) is 6.07 Å². The summed E-state index contributed by atoms with van der Waals surface area (Å²) in [6.07, 6.45) is -0.989. The van der Waals surface area contributed by atoms with Gasteiger partial charge in [0.15, 0.2) is 6.61 Å². The standard InChI is InChI=1S/C18H13ClN2O7/c19-13-7-10(21(25)26)5-6-14(13)20-16(22)9-27-17(23)8-15-11-3-1-2-4-12(11)18(24)28-15/h1-7,15H,8-9H2,(H,20,22). The Morgan fingerprint density at radius 2 is 2.00 bits per heavy atom. The summed E-state index contributed by atoms with van der Waals surface area (Å²) in [6.45, 7) is -0.589. The first-order valence-corrected chi connectivity index (χ1v) is 8.42. The minimum absolute atomic E-state index is 0.0247. The molecule has 0 saturated heterocycles. The maximum atomic E-state index is 12.0. The highest BCUT2D eigenvalue weighted by molar-refractivity contribution is 6.34. The first-order valence-electron chi connectivity index (χ1n) is 8.04. The van der Waals surface area contributed by atoms with Crippen LogP contribution < -0.4 is 5.32 Å². The van der Waals surface area contributed by atoms with E-state index in [4.69, 9.17) is 21.1 Å². The number of nitro groups is 1.